The van der Waals surface area contributed by atoms with E-state index in [2.05, 4.69) is 66.0 Å². The van der Waals surface area contributed by atoms with Crippen LogP contribution in [0.2, 0.25) is 0 Å². The van der Waals surface area contributed by atoms with Gasteiger partial charge >= 0.3 is 0 Å². The summed E-state index contributed by atoms with van der Waals surface area (Å²) in [6, 6.07) is 15.2. The maximum absolute atomic E-state index is 6.31. The Kier molecular flexibility index (Phi) is 4.79. The lowest BCUT2D eigenvalue weighted by Gasteiger charge is -2.38. The molecule has 26 heavy (non-hydrogen) atoms. The monoisotopic (exact) mass is 349 g/mol. The van der Waals surface area contributed by atoms with Crippen molar-refractivity contribution in [3.05, 3.63) is 65.4 Å². The molecule has 0 amide bonds. The molecule has 2 heterocycles. The Morgan fingerprint density at radius 3 is 2.69 bits per heavy atom. The summed E-state index contributed by atoms with van der Waals surface area (Å²) in [5, 5.41) is 9.29. The summed E-state index contributed by atoms with van der Waals surface area (Å²) < 4.78 is 8.19. The topological polar surface area (TPSA) is 39.1 Å². The van der Waals surface area contributed by atoms with E-state index in [-0.39, 0.29) is 5.41 Å². The molecule has 0 bridgehead atoms. The van der Waals surface area contributed by atoms with E-state index >= 15 is 0 Å². The second kappa shape index (κ2) is 7.22. The summed E-state index contributed by atoms with van der Waals surface area (Å²) in [6.07, 6.45) is 4.30. The number of rotatable bonds is 5. The first-order chi connectivity index (χ1) is 12.7. The van der Waals surface area contributed by atoms with Gasteiger partial charge in [0, 0.05) is 29.6 Å². The van der Waals surface area contributed by atoms with Crippen LogP contribution in [0.4, 0.5) is 0 Å². The van der Waals surface area contributed by atoms with Crippen LogP contribution in [-0.4, -0.2) is 29.5 Å². The molecule has 0 atom stereocenters. The Balaban J connectivity index is 1.54. The first-order valence-electron chi connectivity index (χ1n) is 9.43. The van der Waals surface area contributed by atoms with Crippen LogP contribution in [0.1, 0.15) is 29.5 Å². The van der Waals surface area contributed by atoms with Gasteiger partial charge in [0.25, 0.3) is 0 Å². The van der Waals surface area contributed by atoms with E-state index < -0.39 is 0 Å². The number of fused-ring (bicyclic) bond motifs is 1. The van der Waals surface area contributed by atoms with Crippen LogP contribution >= 0.6 is 0 Å². The number of ether oxygens (including phenoxy) is 1. The minimum atomic E-state index is 0.111. The summed E-state index contributed by atoms with van der Waals surface area (Å²) in [7, 11) is 1.97. The highest BCUT2D eigenvalue weighted by molar-refractivity contribution is 5.82. The predicted molar refractivity (Wildman–Crippen MR) is 105 cm³/mol. The number of aryl methyl sites for hydroxylation is 2. The van der Waals surface area contributed by atoms with Crippen LogP contribution in [0, 0.1) is 6.92 Å². The molecule has 0 aliphatic carbocycles. The van der Waals surface area contributed by atoms with E-state index in [0.29, 0.717) is 6.61 Å². The third-order valence-electron chi connectivity index (χ3n) is 5.53. The highest BCUT2D eigenvalue weighted by Crippen LogP contribution is 2.34. The van der Waals surface area contributed by atoms with Crippen molar-refractivity contribution in [3.63, 3.8) is 0 Å². The van der Waals surface area contributed by atoms with Gasteiger partial charge in [-0.15, -0.1) is 0 Å². The molecular formula is C22H27N3O. The zero-order valence-electron chi connectivity index (χ0n) is 15.7. The van der Waals surface area contributed by atoms with Gasteiger partial charge in [0.05, 0.1) is 18.7 Å². The SMILES string of the molecule is Cc1cc(COCC2(c3ccccc3)CCNCC2)c2nn(C)cc2c1. The molecule has 0 saturated carbocycles. The number of hydrogen-bond donors (Lipinski definition) is 1. The van der Waals surface area contributed by atoms with Gasteiger partial charge in [0.1, 0.15) is 0 Å². The quantitative estimate of drug-likeness (QED) is 0.763. The summed E-state index contributed by atoms with van der Waals surface area (Å²) in [5.74, 6) is 0. The second-order valence-corrected chi connectivity index (χ2v) is 7.55. The van der Waals surface area contributed by atoms with E-state index in [0.717, 1.165) is 38.1 Å². The summed E-state index contributed by atoms with van der Waals surface area (Å²) in [5.41, 5.74) is 4.99. The Labute approximate surface area is 155 Å². The van der Waals surface area contributed by atoms with Crippen LogP contribution in [0.25, 0.3) is 10.9 Å². The van der Waals surface area contributed by atoms with Gasteiger partial charge in [-0.2, -0.15) is 5.10 Å². The third-order valence-corrected chi connectivity index (χ3v) is 5.53. The molecule has 0 radical (unpaired) electrons. The van der Waals surface area contributed by atoms with Crippen molar-refractivity contribution in [2.24, 2.45) is 7.05 Å². The number of hydrogen-bond acceptors (Lipinski definition) is 3. The molecule has 1 N–H and O–H groups in total. The van der Waals surface area contributed by atoms with Crippen molar-refractivity contribution in [1.82, 2.24) is 15.1 Å². The van der Waals surface area contributed by atoms with Gasteiger partial charge < -0.3 is 10.1 Å². The van der Waals surface area contributed by atoms with Gasteiger partial charge in [-0.05, 0) is 50.0 Å². The zero-order valence-corrected chi connectivity index (χ0v) is 15.7. The molecule has 1 aliphatic rings. The van der Waals surface area contributed by atoms with Gasteiger partial charge in [0.2, 0.25) is 0 Å². The standard InChI is InChI=1S/C22H27N3O/c1-17-12-18-14-25(2)24-21(18)19(13-17)15-26-16-22(8-10-23-11-9-22)20-6-4-3-5-7-20/h3-7,12-14,23H,8-11,15-16H2,1-2H3. The lowest BCUT2D eigenvalue weighted by Crippen LogP contribution is -2.43. The normalized spacial score (nSPS) is 16.8. The molecule has 4 nitrogen and oxygen atoms in total. The van der Waals surface area contributed by atoms with Crippen molar-refractivity contribution < 1.29 is 4.74 Å². The third kappa shape index (κ3) is 3.39. The zero-order chi connectivity index (χ0) is 18.0. The van der Waals surface area contributed by atoms with Crippen molar-refractivity contribution >= 4 is 10.9 Å². The van der Waals surface area contributed by atoms with Crippen molar-refractivity contribution in [1.29, 1.82) is 0 Å². The number of piperidine rings is 1. The van der Waals surface area contributed by atoms with E-state index in [9.17, 15) is 0 Å². The Bertz CT molecular complexity index is 879. The minimum Gasteiger partial charge on any atom is -0.376 e. The van der Waals surface area contributed by atoms with Crippen molar-refractivity contribution in [3.8, 4) is 0 Å². The fourth-order valence-corrected chi connectivity index (χ4v) is 4.17. The van der Waals surface area contributed by atoms with Crippen LogP contribution in [0.5, 0.6) is 0 Å². The molecule has 136 valence electrons. The molecule has 1 saturated heterocycles. The van der Waals surface area contributed by atoms with E-state index in [1.807, 2.05) is 11.7 Å². The molecule has 3 aromatic rings. The fourth-order valence-electron chi connectivity index (χ4n) is 4.17. The van der Waals surface area contributed by atoms with Crippen molar-refractivity contribution in [2.75, 3.05) is 19.7 Å². The van der Waals surface area contributed by atoms with E-state index in [4.69, 9.17) is 4.74 Å². The van der Waals surface area contributed by atoms with Crippen LogP contribution < -0.4 is 5.32 Å². The molecule has 4 heteroatoms. The Hall–Kier alpha value is -2.17. The Morgan fingerprint density at radius 2 is 1.92 bits per heavy atom. The first kappa shape index (κ1) is 17.3. The van der Waals surface area contributed by atoms with Crippen LogP contribution in [-0.2, 0) is 23.8 Å². The smallest absolute Gasteiger partial charge is 0.0978 e. The molecule has 2 aromatic carbocycles. The summed E-state index contributed by atoms with van der Waals surface area (Å²) >= 11 is 0. The average molecular weight is 349 g/mol. The maximum Gasteiger partial charge on any atom is 0.0978 e. The van der Waals surface area contributed by atoms with E-state index in [1.165, 1.54) is 22.1 Å². The average Bonchev–Trinajstić information content (AvgIpc) is 3.03. The maximum atomic E-state index is 6.31. The number of benzene rings is 2. The second-order valence-electron chi connectivity index (χ2n) is 7.55. The van der Waals surface area contributed by atoms with Gasteiger partial charge in [-0.3, -0.25) is 4.68 Å². The molecule has 4 rings (SSSR count). The van der Waals surface area contributed by atoms with Crippen molar-refractivity contribution in [2.45, 2.75) is 31.8 Å². The predicted octanol–water partition coefficient (Wildman–Crippen LogP) is 3.72. The molecule has 1 aromatic heterocycles. The molecule has 1 aliphatic heterocycles. The number of nitrogens with zero attached hydrogens (tertiary/aromatic N) is 2. The molecule has 1 fully saturated rings. The Morgan fingerprint density at radius 1 is 1.15 bits per heavy atom. The number of aromatic nitrogens is 2. The lowest BCUT2D eigenvalue weighted by molar-refractivity contribution is 0.0570. The largest absolute Gasteiger partial charge is 0.376 e. The highest BCUT2D eigenvalue weighted by Gasteiger charge is 2.34. The molecule has 0 spiro atoms. The molecule has 0 unspecified atom stereocenters. The lowest BCUT2D eigenvalue weighted by atomic mass is 9.74. The van der Waals surface area contributed by atoms with Gasteiger partial charge in [0.15, 0.2) is 0 Å². The fraction of sp³-hybridized carbons (Fsp3) is 0.409. The first-order valence-corrected chi connectivity index (χ1v) is 9.43. The van der Waals surface area contributed by atoms with Gasteiger partial charge in [-0.25, -0.2) is 0 Å². The van der Waals surface area contributed by atoms with Crippen LogP contribution in [0.15, 0.2) is 48.7 Å². The number of nitrogens with one attached hydrogen (secondary N) is 1. The van der Waals surface area contributed by atoms with E-state index in [1.54, 1.807) is 0 Å². The summed E-state index contributed by atoms with van der Waals surface area (Å²) in [6.45, 7) is 5.59. The molecular weight excluding hydrogens is 322 g/mol. The summed E-state index contributed by atoms with van der Waals surface area (Å²) in [4.78, 5) is 0. The highest BCUT2D eigenvalue weighted by atomic mass is 16.5. The van der Waals surface area contributed by atoms with Gasteiger partial charge in [-0.1, -0.05) is 36.4 Å². The van der Waals surface area contributed by atoms with Crippen LogP contribution in [0.3, 0.4) is 0 Å². The minimum absolute atomic E-state index is 0.111.